The van der Waals surface area contributed by atoms with Crippen molar-refractivity contribution in [2.75, 3.05) is 6.61 Å². The van der Waals surface area contributed by atoms with Crippen LogP contribution < -0.4 is 0 Å². The van der Waals surface area contributed by atoms with E-state index in [-0.39, 0.29) is 19.4 Å². The van der Waals surface area contributed by atoms with Crippen LogP contribution in [0.5, 0.6) is 0 Å². The van der Waals surface area contributed by atoms with E-state index in [1.165, 1.54) is 0 Å². The van der Waals surface area contributed by atoms with Gasteiger partial charge in [0.15, 0.2) is 11.4 Å². The highest BCUT2D eigenvalue weighted by atomic mass is 16.8. The van der Waals surface area contributed by atoms with Crippen LogP contribution in [0.15, 0.2) is 0 Å². The van der Waals surface area contributed by atoms with E-state index in [9.17, 15) is 15.0 Å². The summed E-state index contributed by atoms with van der Waals surface area (Å²) in [6.07, 6.45) is -0.613. The van der Waals surface area contributed by atoms with Gasteiger partial charge in [-0.05, 0) is 19.8 Å². The summed E-state index contributed by atoms with van der Waals surface area (Å²) in [4.78, 5) is 11.9. The molecular weight excluding hydrogens is 264 g/mol. The molecule has 6 nitrogen and oxygen atoms in total. The highest BCUT2D eigenvalue weighted by Gasteiger charge is 2.57. The maximum absolute atomic E-state index is 11.9. The van der Waals surface area contributed by atoms with Crippen LogP contribution >= 0.6 is 0 Å². The lowest BCUT2D eigenvalue weighted by atomic mass is 9.80. The van der Waals surface area contributed by atoms with Crippen molar-refractivity contribution in [1.29, 1.82) is 0 Å². The largest absolute Gasteiger partial charge is 0.464 e. The zero-order valence-corrected chi connectivity index (χ0v) is 12.3. The third-order valence-corrected chi connectivity index (χ3v) is 4.28. The first-order chi connectivity index (χ1) is 9.39. The van der Waals surface area contributed by atoms with Crippen LogP contribution in [0.25, 0.3) is 0 Å². The van der Waals surface area contributed by atoms with E-state index in [0.29, 0.717) is 12.8 Å². The lowest BCUT2D eigenvalue weighted by Crippen LogP contribution is -2.55. The summed E-state index contributed by atoms with van der Waals surface area (Å²) in [5.41, 5.74) is -1.70. The standard InChI is InChI=1S/C14H24O6/c1-4-14(5-2)19-10-8-13(17,12(16)18-6-3)7-9(15)11(10)20-14/h9-11,15,17H,4-8H2,1-3H3/t9-,10-,11+,13-/m1/s1. The molecule has 1 saturated heterocycles. The molecule has 0 aromatic carbocycles. The zero-order chi connectivity index (χ0) is 15.0. The van der Waals surface area contributed by atoms with E-state index < -0.39 is 35.7 Å². The lowest BCUT2D eigenvalue weighted by molar-refractivity contribution is -0.184. The summed E-state index contributed by atoms with van der Waals surface area (Å²) in [5.74, 6) is -1.43. The SMILES string of the molecule is CCOC(=O)[C@@]1(O)C[C@@H](O)[C@@H]2OC(CC)(CC)O[C@@H]2C1. The maximum atomic E-state index is 11.9. The fraction of sp³-hybridized carbons (Fsp3) is 0.929. The molecule has 0 aromatic heterocycles. The van der Waals surface area contributed by atoms with Crippen molar-refractivity contribution >= 4 is 5.97 Å². The summed E-state index contributed by atoms with van der Waals surface area (Å²) in [6.45, 7) is 5.77. The summed E-state index contributed by atoms with van der Waals surface area (Å²) in [7, 11) is 0. The number of hydrogen-bond donors (Lipinski definition) is 2. The first-order valence-corrected chi connectivity index (χ1v) is 7.33. The molecule has 6 heteroatoms. The van der Waals surface area contributed by atoms with Gasteiger partial charge in [-0.25, -0.2) is 4.79 Å². The molecule has 0 radical (unpaired) electrons. The Balaban J connectivity index is 2.15. The molecule has 2 aliphatic rings. The van der Waals surface area contributed by atoms with Gasteiger partial charge in [0.2, 0.25) is 0 Å². The van der Waals surface area contributed by atoms with Crippen molar-refractivity contribution in [2.45, 2.75) is 76.2 Å². The Morgan fingerprint density at radius 2 is 1.90 bits per heavy atom. The third-order valence-electron chi connectivity index (χ3n) is 4.28. The molecule has 0 bridgehead atoms. The van der Waals surface area contributed by atoms with E-state index in [1.807, 2.05) is 13.8 Å². The zero-order valence-electron chi connectivity index (χ0n) is 12.3. The Hall–Kier alpha value is -0.690. The number of ether oxygens (including phenoxy) is 3. The lowest BCUT2D eigenvalue weighted by Gasteiger charge is -2.37. The van der Waals surface area contributed by atoms with E-state index in [2.05, 4.69) is 0 Å². The van der Waals surface area contributed by atoms with Gasteiger partial charge in [0.1, 0.15) is 6.10 Å². The van der Waals surface area contributed by atoms with Gasteiger partial charge in [0.25, 0.3) is 0 Å². The smallest absolute Gasteiger partial charge is 0.338 e. The average molecular weight is 288 g/mol. The molecule has 2 fully saturated rings. The third kappa shape index (κ3) is 2.57. The Morgan fingerprint density at radius 1 is 1.25 bits per heavy atom. The van der Waals surface area contributed by atoms with Crippen molar-refractivity contribution in [3.05, 3.63) is 0 Å². The van der Waals surface area contributed by atoms with E-state index in [1.54, 1.807) is 6.92 Å². The van der Waals surface area contributed by atoms with Crippen LogP contribution in [0.2, 0.25) is 0 Å². The molecule has 116 valence electrons. The van der Waals surface area contributed by atoms with Gasteiger partial charge < -0.3 is 24.4 Å². The monoisotopic (exact) mass is 288 g/mol. The first kappa shape index (κ1) is 15.7. The van der Waals surface area contributed by atoms with Crippen molar-refractivity contribution < 1.29 is 29.2 Å². The van der Waals surface area contributed by atoms with Crippen molar-refractivity contribution in [3.63, 3.8) is 0 Å². The van der Waals surface area contributed by atoms with Crippen molar-refractivity contribution in [1.82, 2.24) is 0 Å². The van der Waals surface area contributed by atoms with Gasteiger partial charge in [-0.15, -0.1) is 0 Å². The van der Waals surface area contributed by atoms with Crippen LogP contribution in [-0.4, -0.2) is 52.5 Å². The topological polar surface area (TPSA) is 85.2 Å². The quantitative estimate of drug-likeness (QED) is 0.742. The van der Waals surface area contributed by atoms with Crippen molar-refractivity contribution in [3.8, 4) is 0 Å². The van der Waals surface area contributed by atoms with Gasteiger partial charge in [0, 0.05) is 12.8 Å². The van der Waals surface area contributed by atoms with Gasteiger partial charge in [-0.3, -0.25) is 0 Å². The van der Waals surface area contributed by atoms with E-state index in [0.717, 1.165) is 0 Å². The number of fused-ring (bicyclic) bond motifs is 1. The predicted molar refractivity (Wildman–Crippen MR) is 69.9 cm³/mol. The first-order valence-electron chi connectivity index (χ1n) is 7.33. The number of carbonyl (C=O) groups excluding carboxylic acids is 1. The Morgan fingerprint density at radius 3 is 2.45 bits per heavy atom. The second-order valence-electron chi connectivity index (χ2n) is 5.58. The minimum atomic E-state index is -1.70. The Bertz CT molecular complexity index is 367. The van der Waals surface area contributed by atoms with Crippen LogP contribution in [0.4, 0.5) is 0 Å². The van der Waals surface area contributed by atoms with Gasteiger partial charge in [-0.2, -0.15) is 0 Å². The summed E-state index contributed by atoms with van der Waals surface area (Å²) >= 11 is 0. The van der Waals surface area contributed by atoms with Crippen LogP contribution in [0.3, 0.4) is 0 Å². The molecule has 2 rings (SSSR count). The molecule has 1 heterocycles. The molecule has 1 saturated carbocycles. The number of aliphatic hydroxyl groups excluding tert-OH is 1. The van der Waals surface area contributed by atoms with Gasteiger partial charge in [0.05, 0.1) is 18.8 Å². The number of esters is 1. The molecule has 0 spiro atoms. The molecular formula is C14H24O6. The Labute approximate surface area is 119 Å². The normalized spacial score (nSPS) is 39.4. The average Bonchev–Trinajstić information content (AvgIpc) is 2.78. The maximum Gasteiger partial charge on any atom is 0.338 e. The molecule has 4 atom stereocenters. The molecule has 0 aromatic rings. The molecule has 0 unspecified atom stereocenters. The van der Waals surface area contributed by atoms with E-state index in [4.69, 9.17) is 14.2 Å². The van der Waals surface area contributed by atoms with Crippen LogP contribution in [-0.2, 0) is 19.0 Å². The second kappa shape index (κ2) is 5.60. The summed E-state index contributed by atoms with van der Waals surface area (Å²) < 4.78 is 16.6. The second-order valence-corrected chi connectivity index (χ2v) is 5.58. The molecule has 1 aliphatic heterocycles. The number of hydrogen-bond acceptors (Lipinski definition) is 6. The summed E-state index contributed by atoms with van der Waals surface area (Å²) in [5, 5.41) is 20.6. The minimum Gasteiger partial charge on any atom is -0.464 e. The summed E-state index contributed by atoms with van der Waals surface area (Å²) in [6, 6.07) is 0. The number of carbonyl (C=O) groups is 1. The van der Waals surface area contributed by atoms with Crippen molar-refractivity contribution in [2.24, 2.45) is 0 Å². The van der Waals surface area contributed by atoms with E-state index >= 15 is 0 Å². The highest BCUT2D eigenvalue weighted by molar-refractivity contribution is 5.79. The predicted octanol–water partition coefficient (Wildman–Crippen LogP) is 0.736. The molecule has 2 N–H and O–H groups in total. The molecule has 0 amide bonds. The number of rotatable bonds is 4. The number of aliphatic hydroxyl groups is 2. The Kier molecular flexibility index (Phi) is 4.39. The minimum absolute atomic E-state index is 0.0835. The van der Waals surface area contributed by atoms with Gasteiger partial charge in [-0.1, -0.05) is 13.8 Å². The fourth-order valence-corrected chi connectivity index (χ4v) is 3.07. The molecule has 1 aliphatic carbocycles. The highest BCUT2D eigenvalue weighted by Crippen LogP contribution is 2.43. The van der Waals surface area contributed by atoms with Crippen LogP contribution in [0, 0.1) is 0 Å². The van der Waals surface area contributed by atoms with Crippen LogP contribution in [0.1, 0.15) is 46.5 Å². The van der Waals surface area contributed by atoms with Gasteiger partial charge >= 0.3 is 5.97 Å². The fourth-order valence-electron chi connectivity index (χ4n) is 3.07. The molecule has 20 heavy (non-hydrogen) atoms.